The summed E-state index contributed by atoms with van der Waals surface area (Å²) in [6.07, 6.45) is 1.43. The highest BCUT2D eigenvalue weighted by molar-refractivity contribution is 5.91. The number of fused-ring (bicyclic) bond motifs is 1. The molecule has 1 aromatic heterocycles. The molecule has 25 heavy (non-hydrogen) atoms. The number of alkyl halides is 2. The molecule has 3 aromatic rings. The first-order chi connectivity index (χ1) is 12.1. The molecule has 7 heteroatoms. The Hall–Kier alpha value is -3.40. The summed E-state index contributed by atoms with van der Waals surface area (Å²) in [4.78, 5) is 7.38. The lowest BCUT2D eigenvalue weighted by Crippen LogP contribution is -2.05. The van der Waals surface area contributed by atoms with Crippen molar-refractivity contribution in [2.45, 2.75) is 6.61 Å². The monoisotopic (exact) mass is 341 g/mol. The molecule has 0 bridgehead atoms. The number of aromatic amines is 1. The van der Waals surface area contributed by atoms with E-state index in [2.05, 4.69) is 14.7 Å². The van der Waals surface area contributed by atoms with Crippen molar-refractivity contribution in [2.24, 2.45) is 0 Å². The Labute approximate surface area is 142 Å². The molecule has 3 rings (SSSR count). The maximum atomic E-state index is 12.7. The summed E-state index contributed by atoms with van der Waals surface area (Å²) >= 11 is 0. The zero-order valence-electron chi connectivity index (χ0n) is 13.2. The minimum absolute atomic E-state index is 0.135. The first kappa shape index (κ1) is 16.5. The van der Waals surface area contributed by atoms with E-state index in [0.717, 1.165) is 5.52 Å². The van der Waals surface area contributed by atoms with E-state index >= 15 is 0 Å². The van der Waals surface area contributed by atoms with E-state index in [1.807, 2.05) is 24.3 Å². The first-order valence-electron chi connectivity index (χ1n) is 7.31. The van der Waals surface area contributed by atoms with Crippen LogP contribution < -0.4 is 9.47 Å². The summed E-state index contributed by atoms with van der Waals surface area (Å²) in [6, 6.07) is 14.0. The van der Waals surface area contributed by atoms with E-state index in [9.17, 15) is 14.0 Å². The number of nitrogens with zero attached hydrogens (tertiary/aromatic N) is 2. The number of benzene rings is 2. The predicted molar refractivity (Wildman–Crippen MR) is 89.2 cm³/mol. The van der Waals surface area contributed by atoms with Crippen LogP contribution in [0.4, 0.5) is 8.78 Å². The van der Waals surface area contributed by atoms with Crippen molar-refractivity contribution in [3.05, 3.63) is 53.9 Å². The van der Waals surface area contributed by atoms with Gasteiger partial charge in [0.05, 0.1) is 23.7 Å². The molecule has 1 heterocycles. The molecule has 0 saturated heterocycles. The number of imidazole rings is 1. The average Bonchev–Trinajstić information content (AvgIpc) is 3.04. The van der Waals surface area contributed by atoms with E-state index in [-0.39, 0.29) is 22.6 Å². The Morgan fingerprint density at radius 1 is 1.24 bits per heavy atom. The van der Waals surface area contributed by atoms with Gasteiger partial charge >= 0.3 is 6.61 Å². The van der Waals surface area contributed by atoms with Gasteiger partial charge in [-0.2, -0.15) is 14.0 Å². The third kappa shape index (κ3) is 3.43. The highest BCUT2D eigenvalue weighted by Gasteiger charge is 2.16. The van der Waals surface area contributed by atoms with E-state index in [1.54, 1.807) is 18.2 Å². The van der Waals surface area contributed by atoms with Crippen molar-refractivity contribution < 1.29 is 18.3 Å². The third-order valence-electron chi connectivity index (χ3n) is 3.50. The molecular formula is C18H13F2N3O2. The minimum Gasteiger partial charge on any atom is -0.493 e. The number of hydrogen-bond donors (Lipinski definition) is 1. The molecule has 0 fully saturated rings. The molecule has 0 radical (unpaired) electrons. The Morgan fingerprint density at radius 3 is 2.72 bits per heavy atom. The maximum absolute atomic E-state index is 12.7. The van der Waals surface area contributed by atoms with Gasteiger partial charge in [0, 0.05) is 5.56 Å². The topological polar surface area (TPSA) is 70.9 Å². The minimum atomic E-state index is -3.01. The van der Waals surface area contributed by atoms with Crippen molar-refractivity contribution >= 4 is 22.7 Å². The second-order valence-electron chi connectivity index (χ2n) is 5.03. The van der Waals surface area contributed by atoms with Crippen LogP contribution in [0, 0.1) is 11.3 Å². The number of H-pyrrole nitrogens is 1. The zero-order chi connectivity index (χ0) is 17.8. The van der Waals surface area contributed by atoms with Crippen LogP contribution in [0.5, 0.6) is 11.5 Å². The average molecular weight is 341 g/mol. The number of nitrogens with one attached hydrogen (secondary N) is 1. The number of halogens is 2. The van der Waals surface area contributed by atoms with Gasteiger partial charge in [-0.05, 0) is 24.3 Å². The van der Waals surface area contributed by atoms with Gasteiger partial charge in [0.15, 0.2) is 11.5 Å². The Morgan fingerprint density at radius 2 is 2.04 bits per heavy atom. The van der Waals surface area contributed by atoms with Gasteiger partial charge in [-0.1, -0.05) is 24.3 Å². The van der Waals surface area contributed by atoms with Crippen molar-refractivity contribution in [3.63, 3.8) is 0 Å². The summed E-state index contributed by atoms with van der Waals surface area (Å²) in [5.41, 5.74) is 1.95. The number of aromatic nitrogens is 2. The summed E-state index contributed by atoms with van der Waals surface area (Å²) < 4.78 is 35.1. The van der Waals surface area contributed by atoms with E-state index in [4.69, 9.17) is 4.74 Å². The molecule has 0 unspecified atom stereocenters. The summed E-state index contributed by atoms with van der Waals surface area (Å²) in [5, 5.41) is 9.47. The molecule has 126 valence electrons. The van der Waals surface area contributed by atoms with E-state index < -0.39 is 6.61 Å². The van der Waals surface area contributed by atoms with Gasteiger partial charge in [0.25, 0.3) is 0 Å². The van der Waals surface area contributed by atoms with Crippen molar-refractivity contribution in [2.75, 3.05) is 7.11 Å². The number of ether oxygens (including phenoxy) is 2. The van der Waals surface area contributed by atoms with Gasteiger partial charge in [0.2, 0.25) is 0 Å². The fourth-order valence-corrected chi connectivity index (χ4v) is 2.41. The van der Waals surface area contributed by atoms with Crippen LogP contribution in [0.15, 0.2) is 42.5 Å². The van der Waals surface area contributed by atoms with Crippen LogP contribution in [-0.2, 0) is 0 Å². The zero-order valence-corrected chi connectivity index (χ0v) is 13.2. The van der Waals surface area contributed by atoms with Gasteiger partial charge in [0.1, 0.15) is 11.9 Å². The molecular weight excluding hydrogens is 328 g/mol. The molecule has 5 nitrogen and oxygen atoms in total. The van der Waals surface area contributed by atoms with Crippen molar-refractivity contribution in [1.82, 2.24) is 9.97 Å². The van der Waals surface area contributed by atoms with Crippen LogP contribution in [0.2, 0.25) is 0 Å². The van der Waals surface area contributed by atoms with Gasteiger partial charge in [-0.25, -0.2) is 4.98 Å². The molecule has 2 aromatic carbocycles. The van der Waals surface area contributed by atoms with Crippen LogP contribution >= 0.6 is 0 Å². The summed E-state index contributed by atoms with van der Waals surface area (Å²) in [5.74, 6) is 0.356. The largest absolute Gasteiger partial charge is 0.493 e. The second-order valence-corrected chi connectivity index (χ2v) is 5.03. The first-order valence-corrected chi connectivity index (χ1v) is 7.31. The number of nitriles is 1. The van der Waals surface area contributed by atoms with Crippen molar-refractivity contribution in [1.29, 1.82) is 5.26 Å². The molecule has 0 atom stereocenters. The lowest BCUT2D eigenvalue weighted by atomic mass is 10.1. The van der Waals surface area contributed by atoms with Gasteiger partial charge in [-0.3, -0.25) is 0 Å². The fraction of sp³-hybridized carbons (Fsp3) is 0.111. The summed E-state index contributed by atoms with van der Waals surface area (Å²) in [7, 11) is 1.35. The number of methoxy groups -OCH3 is 1. The molecule has 0 saturated carbocycles. The van der Waals surface area contributed by atoms with E-state index in [0.29, 0.717) is 11.3 Å². The van der Waals surface area contributed by atoms with Crippen LogP contribution in [-0.4, -0.2) is 23.7 Å². The maximum Gasteiger partial charge on any atom is 0.387 e. The number of rotatable bonds is 5. The molecule has 0 aliphatic carbocycles. The van der Waals surface area contributed by atoms with Crippen LogP contribution in [0.3, 0.4) is 0 Å². The molecule has 0 amide bonds. The van der Waals surface area contributed by atoms with Gasteiger partial charge in [-0.15, -0.1) is 0 Å². The normalized spacial score (nSPS) is 11.6. The Kier molecular flexibility index (Phi) is 4.61. The molecule has 1 N–H and O–H groups in total. The fourth-order valence-electron chi connectivity index (χ4n) is 2.41. The number of allylic oxidation sites excluding steroid dienone is 1. The number of para-hydroxylation sites is 3. The lowest BCUT2D eigenvalue weighted by molar-refractivity contribution is -0.0513. The highest BCUT2D eigenvalue weighted by atomic mass is 19.3. The highest BCUT2D eigenvalue weighted by Crippen LogP contribution is 2.34. The van der Waals surface area contributed by atoms with E-state index in [1.165, 1.54) is 19.3 Å². The van der Waals surface area contributed by atoms with Crippen molar-refractivity contribution in [3.8, 4) is 17.6 Å². The summed E-state index contributed by atoms with van der Waals surface area (Å²) in [6.45, 7) is -3.01. The van der Waals surface area contributed by atoms with Gasteiger partial charge < -0.3 is 14.5 Å². The quantitative estimate of drug-likeness (QED) is 0.705. The Balaban J connectivity index is 2.09. The second kappa shape index (κ2) is 7.01. The SMILES string of the molecule is COc1cccc(/C=C(\C#N)c2nc3ccccc3[nH]2)c1OC(F)F. The molecule has 0 spiro atoms. The lowest BCUT2D eigenvalue weighted by Gasteiger charge is -2.12. The smallest absolute Gasteiger partial charge is 0.387 e. The van der Waals surface area contributed by atoms with Crippen LogP contribution in [0.1, 0.15) is 11.4 Å². The standard InChI is InChI=1S/C18H13F2N3O2/c1-24-15-8-4-5-11(16(15)25-18(19)20)9-12(10-21)17-22-13-6-2-3-7-14(13)23-17/h2-9,18H,1H3,(H,22,23)/b12-9+. The Bertz CT molecular complexity index is 941. The third-order valence-corrected chi connectivity index (χ3v) is 3.50. The molecule has 0 aliphatic heterocycles. The predicted octanol–water partition coefficient (Wildman–Crippen LogP) is 4.24. The van der Waals surface area contributed by atoms with Crippen LogP contribution in [0.25, 0.3) is 22.7 Å². The number of hydrogen-bond acceptors (Lipinski definition) is 4. The molecule has 0 aliphatic rings.